The fourth-order valence-electron chi connectivity index (χ4n) is 3.09. The minimum atomic E-state index is -3.87. The Morgan fingerprint density at radius 3 is 2.73 bits per heavy atom. The summed E-state index contributed by atoms with van der Waals surface area (Å²) in [5, 5.41) is 3.03. The van der Waals surface area contributed by atoms with Crippen LogP contribution in [-0.2, 0) is 10.0 Å². The summed E-state index contributed by atoms with van der Waals surface area (Å²) in [4.78, 5) is 27.9. The smallest absolute Gasteiger partial charge is 0.232 e. The van der Waals surface area contributed by atoms with Gasteiger partial charge in [-0.2, -0.15) is 0 Å². The Labute approximate surface area is 188 Å². The first-order chi connectivity index (χ1) is 15.7. The minimum absolute atomic E-state index is 0.135. The number of H-pyrrole nitrogens is 1. The van der Waals surface area contributed by atoms with Gasteiger partial charge in [-0.3, -0.25) is 14.5 Å². The highest BCUT2D eigenvalue weighted by molar-refractivity contribution is 7.92. The molecular formula is C20H21F2N7O3S. The number of benzene rings is 1. The van der Waals surface area contributed by atoms with E-state index in [9.17, 15) is 17.6 Å². The summed E-state index contributed by atoms with van der Waals surface area (Å²) in [6.07, 6.45) is 5.38. The van der Waals surface area contributed by atoms with E-state index in [-0.39, 0.29) is 34.6 Å². The molecule has 0 saturated carbocycles. The van der Waals surface area contributed by atoms with Crippen molar-refractivity contribution in [1.29, 1.82) is 0 Å². The van der Waals surface area contributed by atoms with Crippen molar-refractivity contribution in [2.45, 2.75) is 13.3 Å². The van der Waals surface area contributed by atoms with Crippen LogP contribution in [0.4, 0.5) is 20.3 Å². The van der Waals surface area contributed by atoms with E-state index in [1.54, 1.807) is 6.92 Å². The van der Waals surface area contributed by atoms with Gasteiger partial charge in [0.25, 0.3) is 0 Å². The lowest BCUT2D eigenvalue weighted by atomic mass is 10.0. The Bertz CT molecular complexity index is 1370. The molecule has 33 heavy (non-hydrogen) atoms. The molecule has 0 atom stereocenters. The zero-order valence-electron chi connectivity index (χ0n) is 17.7. The van der Waals surface area contributed by atoms with Crippen molar-refractivity contribution >= 4 is 44.6 Å². The normalized spacial score (nSPS) is 12.4. The summed E-state index contributed by atoms with van der Waals surface area (Å²) in [5.74, 6) is -3.65. The second kappa shape index (κ2) is 9.73. The van der Waals surface area contributed by atoms with Gasteiger partial charge in [0.2, 0.25) is 15.8 Å². The number of hydrogen-bond donors (Lipinski definition) is 4. The molecule has 3 aromatic rings. The number of nitrogens with one attached hydrogen (secondary N) is 3. The minimum Gasteiger partial charge on any atom is -0.403 e. The van der Waals surface area contributed by atoms with Crippen molar-refractivity contribution in [1.82, 2.24) is 15.0 Å². The average Bonchev–Trinajstić information content (AvgIpc) is 3.20. The number of sulfonamides is 1. The van der Waals surface area contributed by atoms with Crippen LogP contribution in [0.2, 0.25) is 0 Å². The van der Waals surface area contributed by atoms with Crippen molar-refractivity contribution in [2.24, 2.45) is 10.7 Å². The van der Waals surface area contributed by atoms with Crippen molar-refractivity contribution in [3.05, 3.63) is 59.3 Å². The lowest BCUT2D eigenvalue weighted by Gasteiger charge is -2.12. The highest BCUT2D eigenvalue weighted by Gasteiger charge is 2.27. The molecule has 3 rings (SSSR count). The molecule has 0 aliphatic rings. The van der Waals surface area contributed by atoms with Crippen LogP contribution < -0.4 is 15.8 Å². The highest BCUT2D eigenvalue weighted by Crippen LogP contribution is 2.30. The summed E-state index contributed by atoms with van der Waals surface area (Å²) < 4.78 is 55.8. The second-order valence-corrected chi connectivity index (χ2v) is 8.66. The SMILES string of the molecule is CCCS(=O)(=O)Nc1ccc(F)c(C(=O)c2c[nH]c3ncnc(NC(C=NC)=CN)c23)c1F. The van der Waals surface area contributed by atoms with E-state index in [1.165, 1.54) is 32.0 Å². The first kappa shape index (κ1) is 23.8. The number of aromatic nitrogens is 3. The van der Waals surface area contributed by atoms with Crippen molar-refractivity contribution in [3.8, 4) is 0 Å². The molecule has 0 fully saturated rings. The number of fused-ring (bicyclic) bond motifs is 1. The Morgan fingerprint density at radius 2 is 2.06 bits per heavy atom. The Kier molecular flexibility index (Phi) is 7.01. The van der Waals surface area contributed by atoms with E-state index in [4.69, 9.17) is 5.73 Å². The highest BCUT2D eigenvalue weighted by atomic mass is 32.2. The maximum Gasteiger partial charge on any atom is 0.232 e. The predicted octanol–water partition coefficient (Wildman–Crippen LogP) is 2.53. The molecule has 0 bridgehead atoms. The van der Waals surface area contributed by atoms with Gasteiger partial charge in [0.15, 0.2) is 5.82 Å². The van der Waals surface area contributed by atoms with Crippen LogP contribution in [0, 0.1) is 11.6 Å². The van der Waals surface area contributed by atoms with Crippen molar-refractivity contribution < 1.29 is 22.0 Å². The fraction of sp³-hybridized carbons (Fsp3) is 0.200. The maximum absolute atomic E-state index is 15.1. The molecule has 0 aliphatic heterocycles. The zero-order valence-corrected chi connectivity index (χ0v) is 18.5. The summed E-state index contributed by atoms with van der Waals surface area (Å²) >= 11 is 0. The van der Waals surface area contributed by atoms with Crippen molar-refractivity contribution in [3.63, 3.8) is 0 Å². The number of aliphatic imine (C=N–C) groups is 1. The Hall–Kier alpha value is -3.87. The third-order valence-corrected chi connectivity index (χ3v) is 5.96. The van der Waals surface area contributed by atoms with Gasteiger partial charge >= 0.3 is 0 Å². The Morgan fingerprint density at radius 1 is 1.30 bits per heavy atom. The standard InChI is InChI=1S/C20H21F2N7O3S/c1-3-6-33(31,32)29-14-5-4-13(21)16(17(14)22)18(30)12-9-25-19-15(12)20(27-10-26-19)28-11(7-23)8-24-2/h4-5,7-10,29H,3,6,23H2,1-2H3,(H2,25,26,27,28). The van der Waals surface area contributed by atoms with E-state index in [2.05, 4.69) is 25.3 Å². The number of allylic oxidation sites excluding steroid dienone is 1. The molecule has 2 heterocycles. The van der Waals surface area contributed by atoms with Crippen LogP contribution in [0.3, 0.4) is 0 Å². The molecule has 1 aromatic carbocycles. The molecule has 0 spiro atoms. The van der Waals surface area contributed by atoms with Crippen LogP contribution in [0.5, 0.6) is 0 Å². The monoisotopic (exact) mass is 477 g/mol. The van der Waals surface area contributed by atoms with Gasteiger partial charge in [0.1, 0.15) is 23.6 Å². The van der Waals surface area contributed by atoms with Gasteiger partial charge in [-0.15, -0.1) is 0 Å². The van der Waals surface area contributed by atoms with Gasteiger partial charge in [0.05, 0.1) is 33.7 Å². The van der Waals surface area contributed by atoms with Crippen LogP contribution in [0.1, 0.15) is 29.3 Å². The number of rotatable bonds is 9. The van der Waals surface area contributed by atoms with Gasteiger partial charge in [-0.25, -0.2) is 27.2 Å². The van der Waals surface area contributed by atoms with Gasteiger partial charge in [-0.05, 0) is 18.6 Å². The summed E-state index contributed by atoms with van der Waals surface area (Å²) in [7, 11) is -2.34. The number of carbonyl (C=O) groups excluding carboxylic acids is 1. The lowest BCUT2D eigenvalue weighted by molar-refractivity contribution is 0.103. The largest absolute Gasteiger partial charge is 0.403 e. The number of aromatic amines is 1. The summed E-state index contributed by atoms with van der Waals surface area (Å²) in [6.45, 7) is 1.64. The molecule has 0 radical (unpaired) electrons. The molecule has 0 unspecified atom stereocenters. The molecule has 0 aliphatic carbocycles. The van der Waals surface area contributed by atoms with Crippen LogP contribution in [0.25, 0.3) is 11.0 Å². The molecule has 5 N–H and O–H groups in total. The van der Waals surface area contributed by atoms with Crippen LogP contribution in [-0.4, -0.2) is 48.2 Å². The van der Waals surface area contributed by atoms with E-state index >= 15 is 4.39 Å². The second-order valence-electron chi connectivity index (χ2n) is 6.82. The third kappa shape index (κ3) is 4.98. The third-order valence-electron chi connectivity index (χ3n) is 4.48. The van der Waals surface area contributed by atoms with Crippen molar-refractivity contribution in [2.75, 3.05) is 22.8 Å². The molecule has 13 heteroatoms. The van der Waals surface area contributed by atoms with Gasteiger partial charge in [0, 0.05) is 25.7 Å². The van der Waals surface area contributed by atoms with E-state index in [0.717, 1.165) is 12.1 Å². The lowest BCUT2D eigenvalue weighted by Crippen LogP contribution is -2.18. The molecule has 0 saturated heterocycles. The topological polar surface area (TPSA) is 155 Å². The maximum atomic E-state index is 15.1. The first-order valence-electron chi connectivity index (χ1n) is 9.68. The zero-order chi connectivity index (χ0) is 24.2. The predicted molar refractivity (Wildman–Crippen MR) is 122 cm³/mol. The quantitative estimate of drug-likeness (QED) is 0.273. The van der Waals surface area contributed by atoms with Gasteiger partial charge < -0.3 is 16.0 Å². The van der Waals surface area contributed by atoms with Crippen LogP contribution >= 0.6 is 0 Å². The fourth-order valence-corrected chi connectivity index (χ4v) is 4.22. The molecule has 2 aromatic heterocycles. The summed E-state index contributed by atoms with van der Waals surface area (Å²) in [6, 6.07) is 1.74. The molecular weight excluding hydrogens is 456 g/mol. The number of halogens is 2. The molecule has 174 valence electrons. The number of ketones is 1. The number of nitrogens with two attached hydrogens (primary N) is 1. The first-order valence-corrected chi connectivity index (χ1v) is 11.3. The average molecular weight is 477 g/mol. The number of anilines is 2. The molecule has 0 amide bonds. The van der Waals surface area contributed by atoms with Gasteiger partial charge in [-0.1, -0.05) is 6.92 Å². The Balaban J connectivity index is 2.11. The molecule has 10 nitrogen and oxygen atoms in total. The van der Waals surface area contributed by atoms with E-state index in [0.29, 0.717) is 5.70 Å². The van der Waals surface area contributed by atoms with E-state index in [1.807, 2.05) is 4.72 Å². The number of hydrogen-bond acceptors (Lipinski definition) is 8. The van der Waals surface area contributed by atoms with Crippen LogP contribution in [0.15, 0.2) is 41.5 Å². The number of nitrogens with zero attached hydrogens (tertiary/aromatic N) is 3. The summed E-state index contributed by atoms with van der Waals surface area (Å²) in [5.41, 5.74) is 4.54. The number of carbonyl (C=O) groups is 1. The van der Waals surface area contributed by atoms with E-state index < -0.39 is 38.7 Å².